The van der Waals surface area contributed by atoms with Crippen LogP contribution in [0.25, 0.3) is 11.2 Å². The van der Waals surface area contributed by atoms with Gasteiger partial charge in [-0.15, -0.1) is 0 Å². The number of benzene rings is 1. The van der Waals surface area contributed by atoms with Crippen molar-refractivity contribution < 1.29 is 28.0 Å². The maximum absolute atomic E-state index is 13.2. The molecule has 4 N–H and O–H groups in total. The first-order chi connectivity index (χ1) is 13.9. The molecule has 4 atom stereocenters. The number of nitrogen functional groups attached to an aromatic ring is 1. The number of phosphoric ester groups is 1. The monoisotopic (exact) mass is 423 g/mol. The van der Waals surface area contributed by atoms with Crippen LogP contribution in [0.2, 0.25) is 0 Å². The minimum Gasteiger partial charge on any atom is -0.404 e. The summed E-state index contributed by atoms with van der Waals surface area (Å²) in [6.07, 6.45) is 3.71. The summed E-state index contributed by atoms with van der Waals surface area (Å²) in [6, 6.07) is 4.70. The van der Waals surface area contributed by atoms with E-state index in [1.165, 1.54) is 24.4 Å². The first-order valence-corrected chi connectivity index (χ1v) is 10.3. The summed E-state index contributed by atoms with van der Waals surface area (Å²) >= 11 is 0. The summed E-state index contributed by atoms with van der Waals surface area (Å²) in [5, 5.41) is 9.59. The lowest BCUT2D eigenvalue weighted by Gasteiger charge is -2.44. The van der Waals surface area contributed by atoms with E-state index < -0.39 is 13.6 Å². The molecule has 0 amide bonds. The molecule has 0 aliphatic heterocycles. The Bertz CT molecular complexity index is 1080. The molecule has 1 aliphatic rings. The molecule has 1 fully saturated rings. The summed E-state index contributed by atoms with van der Waals surface area (Å²) < 4.78 is 37.3. The Hall–Kier alpha value is -2.59. The van der Waals surface area contributed by atoms with Gasteiger partial charge in [0.1, 0.15) is 17.1 Å². The summed E-state index contributed by atoms with van der Waals surface area (Å²) in [5.74, 6) is -1.04. The maximum Gasteiger partial charge on any atom is 0.527 e. The van der Waals surface area contributed by atoms with Gasteiger partial charge >= 0.3 is 7.82 Å². The molecule has 1 aromatic carbocycles. The topological polar surface area (TPSA) is 146 Å². The third-order valence-corrected chi connectivity index (χ3v) is 5.93. The van der Waals surface area contributed by atoms with Crippen molar-refractivity contribution in [3.8, 4) is 5.75 Å². The number of fused-ring (bicyclic) bond motifs is 1. The summed E-state index contributed by atoms with van der Waals surface area (Å²) in [5.41, 5.74) is 6.76. The minimum atomic E-state index is -4.48. The number of aromatic nitrogens is 4. The molecular formula is C17H19FN5O5P. The number of anilines is 1. The number of imidazole rings is 1. The third-order valence-electron chi connectivity index (χ3n) is 5.02. The van der Waals surface area contributed by atoms with Crippen LogP contribution in [0.5, 0.6) is 5.75 Å². The van der Waals surface area contributed by atoms with Gasteiger partial charge in [0, 0.05) is 24.6 Å². The van der Waals surface area contributed by atoms with E-state index in [4.69, 9.17) is 14.8 Å². The van der Waals surface area contributed by atoms with Gasteiger partial charge < -0.3 is 19.9 Å². The van der Waals surface area contributed by atoms with Crippen LogP contribution in [0.1, 0.15) is 12.5 Å². The summed E-state index contributed by atoms with van der Waals surface area (Å²) in [7, 11) is -4.48. The second kappa shape index (κ2) is 7.68. The number of rotatable bonds is 7. The zero-order valence-corrected chi connectivity index (χ0v) is 16.0. The molecule has 12 heteroatoms. The number of halogens is 1. The van der Waals surface area contributed by atoms with Crippen molar-refractivity contribution in [2.24, 2.45) is 11.8 Å². The molecule has 3 aromatic rings. The second-order valence-corrected chi connectivity index (χ2v) is 8.19. The van der Waals surface area contributed by atoms with E-state index in [0.29, 0.717) is 17.6 Å². The molecule has 0 saturated heterocycles. The van der Waals surface area contributed by atoms with E-state index in [9.17, 15) is 19.0 Å². The first kappa shape index (κ1) is 19.7. The highest BCUT2D eigenvalue weighted by molar-refractivity contribution is 7.47. The quantitative estimate of drug-likeness (QED) is 0.485. The van der Waals surface area contributed by atoms with Crippen molar-refractivity contribution in [2.75, 3.05) is 18.9 Å². The van der Waals surface area contributed by atoms with E-state index in [-0.39, 0.29) is 42.8 Å². The number of hydrogen-bond acceptors (Lipinski definition) is 8. The molecule has 0 bridgehead atoms. The standard InChI is InChI=1S/C17H19FN5O5P/c18-11-2-1-3-12(5-11)28-29(25,26)27-8-13-10(7-24)4-15(13)23-9-21-14-6-20-17(19)22-16(14)23/h1-3,5-6,9-10,13,15,24H,4,7-8H2,(H,25,26)(H2,19,20,22)/t10-,13-,15-/m1/s1. The smallest absolute Gasteiger partial charge is 0.404 e. The van der Waals surface area contributed by atoms with Crippen molar-refractivity contribution in [1.82, 2.24) is 19.5 Å². The Morgan fingerprint density at radius 3 is 2.97 bits per heavy atom. The molecule has 2 aromatic heterocycles. The number of phosphoric acid groups is 1. The van der Waals surface area contributed by atoms with E-state index in [2.05, 4.69) is 15.0 Å². The number of nitrogens with two attached hydrogens (primary N) is 1. The van der Waals surface area contributed by atoms with Crippen molar-refractivity contribution in [2.45, 2.75) is 12.5 Å². The van der Waals surface area contributed by atoms with Crippen LogP contribution >= 0.6 is 7.82 Å². The van der Waals surface area contributed by atoms with Gasteiger partial charge in [-0.25, -0.2) is 18.9 Å². The predicted octanol–water partition coefficient (Wildman–Crippen LogP) is 1.91. The summed E-state index contributed by atoms with van der Waals surface area (Å²) in [4.78, 5) is 22.3. The lowest BCUT2D eigenvalue weighted by Crippen LogP contribution is -2.43. The maximum atomic E-state index is 13.2. The van der Waals surface area contributed by atoms with Crippen molar-refractivity contribution in [3.05, 3.63) is 42.6 Å². The van der Waals surface area contributed by atoms with Crippen molar-refractivity contribution in [3.63, 3.8) is 0 Å². The zero-order valence-electron chi connectivity index (χ0n) is 15.1. The largest absolute Gasteiger partial charge is 0.527 e. The average Bonchev–Trinajstić information content (AvgIpc) is 3.03. The molecule has 1 aliphatic carbocycles. The molecule has 154 valence electrons. The molecule has 1 saturated carbocycles. The normalized spacial score (nSPS) is 23.5. The molecule has 1 unspecified atom stereocenters. The van der Waals surface area contributed by atoms with Gasteiger partial charge in [-0.05, 0) is 24.5 Å². The van der Waals surface area contributed by atoms with Gasteiger partial charge in [0.05, 0.1) is 19.1 Å². The van der Waals surface area contributed by atoms with E-state index >= 15 is 0 Å². The molecule has 0 spiro atoms. The van der Waals surface area contributed by atoms with Crippen LogP contribution in [0, 0.1) is 17.7 Å². The van der Waals surface area contributed by atoms with Crippen LogP contribution in [-0.2, 0) is 9.09 Å². The molecule has 10 nitrogen and oxygen atoms in total. The zero-order chi connectivity index (χ0) is 20.6. The van der Waals surface area contributed by atoms with E-state index in [1.807, 2.05) is 0 Å². The Labute approximate surface area is 164 Å². The van der Waals surface area contributed by atoms with Crippen LogP contribution in [0.15, 0.2) is 36.8 Å². The van der Waals surface area contributed by atoms with Gasteiger partial charge in [-0.2, -0.15) is 4.98 Å². The van der Waals surface area contributed by atoms with Crippen molar-refractivity contribution >= 4 is 24.9 Å². The van der Waals surface area contributed by atoms with Gasteiger partial charge in [-0.1, -0.05) is 6.07 Å². The van der Waals surface area contributed by atoms with Crippen LogP contribution in [0.3, 0.4) is 0 Å². The number of aliphatic hydroxyl groups excluding tert-OH is 1. The predicted molar refractivity (Wildman–Crippen MR) is 100 cm³/mol. The fourth-order valence-electron chi connectivity index (χ4n) is 3.50. The van der Waals surface area contributed by atoms with Gasteiger partial charge in [0.2, 0.25) is 5.95 Å². The highest BCUT2D eigenvalue weighted by Crippen LogP contribution is 2.50. The van der Waals surface area contributed by atoms with Crippen molar-refractivity contribution in [1.29, 1.82) is 0 Å². The Balaban J connectivity index is 1.48. The van der Waals surface area contributed by atoms with E-state index in [0.717, 1.165) is 6.07 Å². The molecular weight excluding hydrogens is 404 g/mol. The molecule has 2 heterocycles. The number of hydrogen-bond donors (Lipinski definition) is 3. The van der Waals surface area contributed by atoms with Crippen LogP contribution in [0.4, 0.5) is 10.3 Å². The minimum absolute atomic E-state index is 0.102. The fraction of sp³-hybridized carbons (Fsp3) is 0.353. The number of aliphatic hydroxyl groups is 1. The highest BCUT2D eigenvalue weighted by atomic mass is 31.2. The Kier molecular flexibility index (Phi) is 5.22. The molecule has 0 radical (unpaired) electrons. The highest BCUT2D eigenvalue weighted by Gasteiger charge is 2.44. The Morgan fingerprint density at radius 1 is 1.38 bits per heavy atom. The Morgan fingerprint density at radius 2 is 2.21 bits per heavy atom. The van der Waals surface area contributed by atoms with Gasteiger partial charge in [0.15, 0.2) is 5.65 Å². The lowest BCUT2D eigenvalue weighted by molar-refractivity contribution is -0.00476. The number of nitrogens with zero attached hydrogens (tertiary/aromatic N) is 4. The SMILES string of the molecule is Nc1ncc2ncn([C@@H]3C[C@H](CO)[C@H]3COP(=O)(O)Oc3cccc(F)c3)c2n1. The van der Waals surface area contributed by atoms with Gasteiger partial charge in [0.25, 0.3) is 0 Å². The third kappa shape index (κ3) is 4.08. The van der Waals surface area contributed by atoms with Crippen LogP contribution in [-0.4, -0.2) is 42.7 Å². The summed E-state index contributed by atoms with van der Waals surface area (Å²) in [6.45, 7) is -0.256. The average molecular weight is 423 g/mol. The molecule has 29 heavy (non-hydrogen) atoms. The van der Waals surface area contributed by atoms with Gasteiger partial charge in [-0.3, -0.25) is 9.42 Å². The van der Waals surface area contributed by atoms with Crippen LogP contribution < -0.4 is 10.3 Å². The molecule has 4 rings (SSSR count). The first-order valence-electron chi connectivity index (χ1n) is 8.84. The fourth-order valence-corrected chi connectivity index (χ4v) is 4.29. The van der Waals surface area contributed by atoms with E-state index in [1.54, 1.807) is 10.9 Å². The second-order valence-electron chi connectivity index (χ2n) is 6.81. The lowest BCUT2D eigenvalue weighted by atomic mass is 9.70.